The molecule has 1 heterocycles. The number of hydrogen-bond acceptors (Lipinski definition) is 2. The molecule has 0 aliphatic heterocycles. The van der Waals surface area contributed by atoms with Crippen LogP contribution in [0.5, 0.6) is 5.75 Å². The third kappa shape index (κ3) is 2.52. The number of aromatic hydroxyl groups is 1. The van der Waals surface area contributed by atoms with Crippen LogP contribution in [0.25, 0.3) is 21.8 Å². The molecule has 0 aliphatic carbocycles. The van der Waals surface area contributed by atoms with E-state index in [0.717, 1.165) is 22.8 Å². The average Bonchev–Trinajstić information content (AvgIpc) is 2.95. The van der Waals surface area contributed by atoms with Gasteiger partial charge in [-0.1, -0.05) is 30.3 Å². The molecule has 2 N–H and O–H groups in total. The highest BCUT2D eigenvalue weighted by atomic mass is 16.3. The number of aromatic nitrogens is 1. The average molecular weight is 330 g/mol. The molecule has 0 saturated heterocycles. The van der Waals surface area contributed by atoms with Crippen LogP contribution in [0.3, 0.4) is 0 Å². The zero-order valence-corrected chi connectivity index (χ0v) is 13.9. The normalized spacial score (nSPS) is 11.1. The number of benzene rings is 3. The molecular weight excluding hydrogens is 312 g/mol. The predicted octanol–water partition coefficient (Wildman–Crippen LogP) is 4.77. The molecule has 0 unspecified atom stereocenters. The van der Waals surface area contributed by atoms with E-state index in [-0.39, 0.29) is 17.2 Å². The molecule has 0 radical (unpaired) electrons. The lowest BCUT2D eigenvalue weighted by atomic mass is 10.1. The molecule has 0 spiro atoms. The first-order chi connectivity index (χ1) is 12.2. The van der Waals surface area contributed by atoms with Crippen molar-refractivity contribution in [1.29, 1.82) is 0 Å². The number of fused-ring (bicyclic) bond motifs is 3. The summed E-state index contributed by atoms with van der Waals surface area (Å²) in [5, 5.41) is 15.0. The maximum Gasteiger partial charge on any atom is 0.259 e. The van der Waals surface area contributed by atoms with E-state index in [0.29, 0.717) is 5.69 Å². The Morgan fingerprint density at radius 3 is 2.48 bits per heavy atom. The number of carbonyl (C=O) groups excluding carboxylic acids is 1. The smallest absolute Gasteiger partial charge is 0.259 e. The van der Waals surface area contributed by atoms with Crippen molar-refractivity contribution in [2.75, 3.05) is 5.32 Å². The second-order valence-corrected chi connectivity index (χ2v) is 5.96. The summed E-state index contributed by atoms with van der Waals surface area (Å²) in [6.07, 6.45) is 0. The van der Waals surface area contributed by atoms with Gasteiger partial charge in [0.1, 0.15) is 5.75 Å². The molecule has 3 aromatic carbocycles. The van der Waals surface area contributed by atoms with Gasteiger partial charge in [-0.15, -0.1) is 0 Å². The Balaban J connectivity index is 1.78. The van der Waals surface area contributed by atoms with Gasteiger partial charge in [0.25, 0.3) is 5.91 Å². The molecule has 25 heavy (non-hydrogen) atoms. The second-order valence-electron chi connectivity index (χ2n) is 5.96. The number of carbonyl (C=O) groups is 1. The van der Waals surface area contributed by atoms with E-state index in [1.807, 2.05) is 30.3 Å². The van der Waals surface area contributed by atoms with Crippen molar-refractivity contribution >= 4 is 33.4 Å². The van der Waals surface area contributed by atoms with Gasteiger partial charge in [0, 0.05) is 34.0 Å². The predicted molar refractivity (Wildman–Crippen MR) is 101 cm³/mol. The number of aryl methyl sites for hydroxylation is 1. The van der Waals surface area contributed by atoms with Crippen LogP contribution in [-0.2, 0) is 6.54 Å². The van der Waals surface area contributed by atoms with E-state index in [2.05, 4.69) is 28.9 Å². The number of nitrogens with zero attached hydrogens (tertiary/aromatic N) is 1. The molecule has 124 valence electrons. The highest BCUT2D eigenvalue weighted by Gasteiger charge is 2.13. The summed E-state index contributed by atoms with van der Waals surface area (Å²) in [6.45, 7) is 3.01. The van der Waals surface area contributed by atoms with Crippen LogP contribution in [0.15, 0.2) is 66.7 Å². The fourth-order valence-corrected chi connectivity index (χ4v) is 3.34. The first kappa shape index (κ1) is 15.3. The van der Waals surface area contributed by atoms with Gasteiger partial charge in [0.05, 0.1) is 5.56 Å². The Labute approximate surface area is 145 Å². The van der Waals surface area contributed by atoms with Crippen molar-refractivity contribution in [3.63, 3.8) is 0 Å². The summed E-state index contributed by atoms with van der Waals surface area (Å²) in [6, 6.07) is 20.7. The van der Waals surface area contributed by atoms with Gasteiger partial charge < -0.3 is 15.0 Å². The lowest BCUT2D eigenvalue weighted by Crippen LogP contribution is -2.11. The molecule has 0 bridgehead atoms. The maximum atomic E-state index is 12.4. The van der Waals surface area contributed by atoms with Gasteiger partial charge in [0.15, 0.2) is 0 Å². The van der Waals surface area contributed by atoms with E-state index >= 15 is 0 Å². The van der Waals surface area contributed by atoms with E-state index in [1.54, 1.807) is 18.2 Å². The molecule has 1 amide bonds. The van der Waals surface area contributed by atoms with Gasteiger partial charge in [-0.2, -0.15) is 0 Å². The molecule has 0 atom stereocenters. The van der Waals surface area contributed by atoms with Crippen molar-refractivity contribution in [1.82, 2.24) is 4.57 Å². The molecule has 4 nitrogen and oxygen atoms in total. The largest absolute Gasteiger partial charge is 0.507 e. The lowest BCUT2D eigenvalue weighted by molar-refractivity contribution is 0.102. The minimum absolute atomic E-state index is 0.0244. The Hall–Kier alpha value is -3.27. The second kappa shape index (κ2) is 5.98. The van der Waals surface area contributed by atoms with Gasteiger partial charge in [-0.25, -0.2) is 0 Å². The zero-order chi connectivity index (χ0) is 17.4. The van der Waals surface area contributed by atoms with Crippen LogP contribution < -0.4 is 5.32 Å². The topological polar surface area (TPSA) is 54.3 Å². The molecule has 1 aromatic heterocycles. The Morgan fingerprint density at radius 2 is 1.68 bits per heavy atom. The van der Waals surface area contributed by atoms with Crippen molar-refractivity contribution in [3.8, 4) is 5.75 Å². The maximum absolute atomic E-state index is 12.4. The van der Waals surface area contributed by atoms with Crippen molar-refractivity contribution in [2.45, 2.75) is 13.5 Å². The zero-order valence-electron chi connectivity index (χ0n) is 13.9. The number of phenolic OH excluding ortho intramolecular Hbond substituents is 1. The van der Waals surface area contributed by atoms with E-state index in [9.17, 15) is 9.90 Å². The van der Waals surface area contributed by atoms with Gasteiger partial charge >= 0.3 is 0 Å². The van der Waals surface area contributed by atoms with E-state index < -0.39 is 0 Å². The van der Waals surface area contributed by atoms with Gasteiger partial charge in [-0.3, -0.25) is 4.79 Å². The minimum atomic E-state index is -0.323. The molecular formula is C21H18N2O2. The van der Waals surface area contributed by atoms with Crippen molar-refractivity contribution in [3.05, 3.63) is 72.3 Å². The fourth-order valence-electron chi connectivity index (χ4n) is 3.34. The summed E-state index contributed by atoms with van der Waals surface area (Å²) < 4.78 is 2.26. The molecule has 4 heteroatoms. The van der Waals surface area contributed by atoms with Crippen LogP contribution in [-0.4, -0.2) is 15.6 Å². The first-order valence-electron chi connectivity index (χ1n) is 8.29. The number of nitrogens with one attached hydrogen (secondary N) is 1. The van der Waals surface area contributed by atoms with Gasteiger partial charge in [-0.05, 0) is 43.3 Å². The van der Waals surface area contributed by atoms with Crippen LogP contribution in [0.2, 0.25) is 0 Å². The number of amides is 1. The number of para-hydroxylation sites is 2. The monoisotopic (exact) mass is 330 g/mol. The molecule has 4 rings (SSSR count). The van der Waals surface area contributed by atoms with Crippen LogP contribution in [0.4, 0.5) is 5.69 Å². The summed E-state index contributed by atoms with van der Waals surface area (Å²) >= 11 is 0. The molecule has 4 aromatic rings. The summed E-state index contributed by atoms with van der Waals surface area (Å²) in [5.41, 5.74) is 3.30. The van der Waals surface area contributed by atoms with Crippen LogP contribution >= 0.6 is 0 Å². The van der Waals surface area contributed by atoms with E-state index in [4.69, 9.17) is 0 Å². The summed E-state index contributed by atoms with van der Waals surface area (Å²) in [5.74, 6) is -0.347. The lowest BCUT2D eigenvalue weighted by Gasteiger charge is -2.08. The summed E-state index contributed by atoms with van der Waals surface area (Å²) in [7, 11) is 0. The van der Waals surface area contributed by atoms with Crippen LogP contribution in [0, 0.1) is 0 Å². The third-order valence-electron chi connectivity index (χ3n) is 4.50. The quantitative estimate of drug-likeness (QED) is 0.568. The summed E-state index contributed by atoms with van der Waals surface area (Å²) in [4.78, 5) is 12.4. The van der Waals surface area contributed by atoms with E-state index in [1.165, 1.54) is 11.6 Å². The number of anilines is 1. The SMILES string of the molecule is CCn1c2ccccc2c2cc(NC(=O)c3ccccc3O)ccc21. The third-order valence-corrected chi connectivity index (χ3v) is 4.50. The molecule has 0 fully saturated rings. The van der Waals surface area contributed by atoms with Crippen molar-refractivity contribution in [2.24, 2.45) is 0 Å². The fraction of sp³-hybridized carbons (Fsp3) is 0.0952. The number of rotatable bonds is 3. The highest BCUT2D eigenvalue weighted by Crippen LogP contribution is 2.31. The molecule has 0 saturated carbocycles. The standard InChI is InChI=1S/C21H18N2O2/c1-2-23-18-9-5-3-7-15(18)17-13-14(11-12-19(17)23)22-21(25)16-8-4-6-10-20(16)24/h3-13,24H,2H2,1H3,(H,22,25). The highest BCUT2D eigenvalue weighted by molar-refractivity contribution is 6.11. The molecule has 0 aliphatic rings. The van der Waals surface area contributed by atoms with Crippen LogP contribution in [0.1, 0.15) is 17.3 Å². The first-order valence-corrected chi connectivity index (χ1v) is 8.29. The minimum Gasteiger partial charge on any atom is -0.507 e. The number of hydrogen-bond donors (Lipinski definition) is 2. The Bertz CT molecular complexity index is 1100. The van der Waals surface area contributed by atoms with Gasteiger partial charge in [0.2, 0.25) is 0 Å². The Kier molecular flexibility index (Phi) is 3.65. The Morgan fingerprint density at radius 1 is 0.960 bits per heavy atom. The number of phenols is 1. The van der Waals surface area contributed by atoms with Crippen molar-refractivity contribution < 1.29 is 9.90 Å².